The molecule has 0 aromatic heterocycles. The van der Waals surface area contributed by atoms with Crippen LogP contribution in [-0.4, -0.2) is 29.0 Å². The van der Waals surface area contributed by atoms with E-state index in [0.29, 0.717) is 5.02 Å². The molecule has 1 aromatic carbocycles. The van der Waals surface area contributed by atoms with Crippen molar-refractivity contribution in [3.05, 3.63) is 58.3 Å². The van der Waals surface area contributed by atoms with Gasteiger partial charge in [0.2, 0.25) is 5.78 Å². The van der Waals surface area contributed by atoms with Crippen molar-refractivity contribution in [2.24, 2.45) is 0 Å². The van der Waals surface area contributed by atoms with Gasteiger partial charge >= 0.3 is 6.36 Å². The largest absolute Gasteiger partial charge is 0.573 e. The van der Waals surface area contributed by atoms with E-state index < -0.39 is 29.9 Å². The van der Waals surface area contributed by atoms with Gasteiger partial charge in [-0.3, -0.25) is 9.59 Å². The fourth-order valence-corrected chi connectivity index (χ4v) is 2.87. The molecule has 126 valence electrons. The van der Waals surface area contributed by atoms with E-state index in [-0.39, 0.29) is 18.5 Å². The van der Waals surface area contributed by atoms with Crippen LogP contribution in [0.15, 0.2) is 47.7 Å². The summed E-state index contributed by atoms with van der Waals surface area (Å²) in [4.78, 5) is 25.6. The molecule has 1 saturated heterocycles. The molecular weight excluding hydrogens is 347 g/mol. The zero-order valence-electron chi connectivity index (χ0n) is 12.1. The highest BCUT2D eigenvalue weighted by atomic mass is 35.5. The van der Waals surface area contributed by atoms with Gasteiger partial charge in [0.1, 0.15) is 5.76 Å². The Morgan fingerprint density at radius 1 is 1.21 bits per heavy atom. The number of alkyl halides is 3. The van der Waals surface area contributed by atoms with Crippen LogP contribution in [0.1, 0.15) is 12.0 Å². The fourth-order valence-electron chi connectivity index (χ4n) is 2.74. The summed E-state index contributed by atoms with van der Waals surface area (Å²) in [5, 5.41) is 0.540. The van der Waals surface area contributed by atoms with Crippen LogP contribution >= 0.6 is 11.6 Å². The lowest BCUT2D eigenvalue weighted by Gasteiger charge is -2.26. The monoisotopic (exact) mass is 357 g/mol. The van der Waals surface area contributed by atoms with Gasteiger partial charge in [-0.05, 0) is 36.3 Å². The van der Waals surface area contributed by atoms with Gasteiger partial charge in [0.05, 0.1) is 6.04 Å². The molecule has 0 radical (unpaired) electrons. The molecule has 1 atom stereocenters. The Kier molecular flexibility index (Phi) is 4.13. The molecule has 1 aliphatic carbocycles. The lowest BCUT2D eigenvalue weighted by molar-refractivity contribution is -0.303. The minimum absolute atomic E-state index is 0.0238. The van der Waals surface area contributed by atoms with Crippen LogP contribution in [0, 0.1) is 0 Å². The van der Waals surface area contributed by atoms with Gasteiger partial charge in [-0.1, -0.05) is 23.7 Å². The number of fused-ring (bicyclic) bond motifs is 1. The number of hydrogen-bond donors (Lipinski definition) is 0. The number of halogens is 4. The van der Waals surface area contributed by atoms with Gasteiger partial charge in [-0.2, -0.15) is 0 Å². The van der Waals surface area contributed by atoms with Crippen LogP contribution in [0.25, 0.3) is 0 Å². The molecule has 24 heavy (non-hydrogen) atoms. The number of carbonyl (C=O) groups excluding carboxylic acids is 2. The highest BCUT2D eigenvalue weighted by Gasteiger charge is 2.44. The summed E-state index contributed by atoms with van der Waals surface area (Å²) < 4.78 is 40.7. The van der Waals surface area contributed by atoms with Gasteiger partial charge in [-0.25, -0.2) is 0 Å². The number of hydrogen-bond acceptors (Lipinski definition) is 3. The van der Waals surface area contributed by atoms with E-state index in [0.717, 1.165) is 11.6 Å². The molecule has 0 bridgehead atoms. The van der Waals surface area contributed by atoms with E-state index in [1.165, 1.54) is 11.0 Å². The number of ether oxygens (including phenoxy) is 1. The predicted molar refractivity (Wildman–Crippen MR) is 78.7 cm³/mol. The second kappa shape index (κ2) is 5.98. The van der Waals surface area contributed by atoms with Crippen molar-refractivity contribution in [3.63, 3.8) is 0 Å². The van der Waals surface area contributed by atoms with Crippen LogP contribution < -0.4 is 0 Å². The number of Topliss-reactive ketones (excluding diaryl/α,β-unsaturated/α-hetero) is 1. The first kappa shape index (κ1) is 16.6. The van der Waals surface area contributed by atoms with Crippen molar-refractivity contribution in [2.45, 2.75) is 25.4 Å². The standard InChI is InChI=1S/C16H11ClF3NO3/c17-10-3-1-9(2-4-10)8-21-13-6-5-11(24-16(18,19)20)7-12(13)14(22)15(21)23/h1-5,7,13H,6,8H2. The summed E-state index contributed by atoms with van der Waals surface area (Å²) in [6, 6.07) is 6.18. The summed E-state index contributed by atoms with van der Waals surface area (Å²) in [5.74, 6) is -2.00. The smallest absolute Gasteiger partial charge is 0.406 e. The second-order valence-corrected chi connectivity index (χ2v) is 5.83. The minimum Gasteiger partial charge on any atom is -0.406 e. The molecule has 1 fully saturated rings. The van der Waals surface area contributed by atoms with E-state index in [4.69, 9.17) is 11.6 Å². The highest BCUT2D eigenvalue weighted by molar-refractivity contribution is 6.45. The lowest BCUT2D eigenvalue weighted by atomic mass is 9.98. The van der Waals surface area contributed by atoms with Crippen molar-refractivity contribution in [1.29, 1.82) is 0 Å². The van der Waals surface area contributed by atoms with Gasteiger partial charge in [0, 0.05) is 17.1 Å². The van der Waals surface area contributed by atoms with E-state index in [1.54, 1.807) is 24.3 Å². The summed E-state index contributed by atoms with van der Waals surface area (Å²) >= 11 is 5.80. The minimum atomic E-state index is -4.84. The Morgan fingerprint density at radius 2 is 1.88 bits per heavy atom. The maximum atomic E-state index is 12.3. The molecule has 1 unspecified atom stereocenters. The van der Waals surface area contributed by atoms with E-state index in [1.807, 2.05) is 0 Å². The van der Waals surface area contributed by atoms with Gasteiger partial charge in [-0.15, -0.1) is 13.2 Å². The molecule has 1 aromatic rings. The zero-order chi connectivity index (χ0) is 17.5. The number of ketones is 1. The molecule has 3 rings (SSSR count). The molecule has 4 nitrogen and oxygen atoms in total. The Morgan fingerprint density at radius 3 is 2.50 bits per heavy atom. The van der Waals surface area contributed by atoms with Gasteiger partial charge < -0.3 is 9.64 Å². The highest BCUT2D eigenvalue weighted by Crippen LogP contribution is 2.33. The topological polar surface area (TPSA) is 46.6 Å². The first-order chi connectivity index (χ1) is 11.2. The SMILES string of the molecule is O=C1C(=O)N(Cc2ccc(Cl)cc2)C2CC=C(OC(F)(F)F)C=C12. The molecule has 1 amide bonds. The molecule has 2 aliphatic rings. The third kappa shape index (κ3) is 3.31. The summed E-state index contributed by atoms with van der Waals surface area (Å²) in [5.41, 5.74) is 0.791. The van der Waals surface area contributed by atoms with Crippen LogP contribution in [-0.2, 0) is 20.9 Å². The number of likely N-dealkylation sites (tertiary alicyclic amines) is 1. The van der Waals surface area contributed by atoms with Gasteiger partial charge in [0.15, 0.2) is 0 Å². The molecule has 0 saturated carbocycles. The first-order valence-corrected chi connectivity index (χ1v) is 7.39. The summed E-state index contributed by atoms with van der Waals surface area (Å²) in [6.45, 7) is 0.174. The van der Waals surface area contributed by atoms with Crippen LogP contribution in [0.5, 0.6) is 0 Å². The number of rotatable bonds is 3. The molecule has 1 heterocycles. The number of amides is 1. The first-order valence-electron chi connectivity index (χ1n) is 7.02. The Hall–Kier alpha value is -2.28. The third-order valence-corrected chi connectivity index (χ3v) is 4.04. The molecule has 0 spiro atoms. The van der Waals surface area contributed by atoms with Crippen molar-refractivity contribution in [3.8, 4) is 0 Å². The second-order valence-electron chi connectivity index (χ2n) is 5.39. The van der Waals surface area contributed by atoms with E-state index in [9.17, 15) is 22.8 Å². The van der Waals surface area contributed by atoms with Crippen molar-refractivity contribution >= 4 is 23.3 Å². The lowest BCUT2D eigenvalue weighted by Crippen LogP contribution is -2.34. The van der Waals surface area contributed by atoms with E-state index in [2.05, 4.69) is 4.74 Å². The Balaban J connectivity index is 1.81. The summed E-state index contributed by atoms with van der Waals surface area (Å²) in [7, 11) is 0. The quantitative estimate of drug-likeness (QED) is 0.779. The molecular formula is C16H11ClF3NO3. The third-order valence-electron chi connectivity index (χ3n) is 3.79. The molecule has 0 N–H and O–H groups in total. The van der Waals surface area contributed by atoms with Crippen molar-refractivity contribution in [2.75, 3.05) is 0 Å². The normalized spacial score (nSPS) is 20.7. The van der Waals surface area contributed by atoms with Gasteiger partial charge in [0.25, 0.3) is 5.91 Å². The fraction of sp³-hybridized carbons (Fsp3) is 0.250. The van der Waals surface area contributed by atoms with Crippen LogP contribution in [0.3, 0.4) is 0 Å². The average molecular weight is 358 g/mol. The van der Waals surface area contributed by atoms with Crippen LogP contribution in [0.2, 0.25) is 5.02 Å². The average Bonchev–Trinajstić information content (AvgIpc) is 2.73. The predicted octanol–water partition coefficient (Wildman–Crippen LogP) is 3.37. The molecule has 1 aliphatic heterocycles. The number of benzene rings is 1. The zero-order valence-corrected chi connectivity index (χ0v) is 12.9. The Bertz CT molecular complexity index is 753. The molecule has 8 heteroatoms. The Labute approximate surface area is 140 Å². The maximum Gasteiger partial charge on any atom is 0.573 e. The number of allylic oxidation sites excluding steroid dienone is 1. The van der Waals surface area contributed by atoms with E-state index >= 15 is 0 Å². The van der Waals surface area contributed by atoms with Crippen molar-refractivity contribution in [1.82, 2.24) is 4.90 Å². The number of carbonyl (C=O) groups is 2. The van der Waals surface area contributed by atoms with Crippen LogP contribution in [0.4, 0.5) is 13.2 Å². The van der Waals surface area contributed by atoms with Crippen molar-refractivity contribution < 1.29 is 27.5 Å². The number of nitrogens with zero attached hydrogens (tertiary/aromatic N) is 1. The summed E-state index contributed by atoms with van der Waals surface area (Å²) in [6.07, 6.45) is -2.54. The maximum absolute atomic E-state index is 12.3.